The van der Waals surface area contributed by atoms with E-state index in [1.807, 2.05) is 12.1 Å². The van der Waals surface area contributed by atoms with E-state index in [1.165, 1.54) is 11.3 Å². The molecular weight excluding hydrogens is 296 g/mol. The van der Waals surface area contributed by atoms with Gasteiger partial charge in [-0.05, 0) is 24.0 Å². The summed E-state index contributed by atoms with van der Waals surface area (Å²) in [5.41, 5.74) is 2.38. The van der Waals surface area contributed by atoms with Gasteiger partial charge in [-0.1, -0.05) is 26.0 Å². The van der Waals surface area contributed by atoms with Gasteiger partial charge in [0.05, 0.1) is 12.8 Å². The van der Waals surface area contributed by atoms with Crippen LogP contribution in [0, 0.1) is 0 Å². The molecule has 1 aliphatic heterocycles. The molecule has 3 rings (SSSR count). The van der Waals surface area contributed by atoms with Crippen molar-refractivity contribution in [3.05, 3.63) is 39.8 Å². The van der Waals surface area contributed by atoms with Crippen molar-refractivity contribution < 1.29 is 9.47 Å². The van der Waals surface area contributed by atoms with Crippen molar-refractivity contribution in [3.63, 3.8) is 0 Å². The maximum Gasteiger partial charge on any atom is 0.164 e. The van der Waals surface area contributed by atoms with Crippen LogP contribution < -0.4 is 14.8 Å². The lowest BCUT2D eigenvalue weighted by atomic mass is 10.0. The van der Waals surface area contributed by atoms with Crippen molar-refractivity contribution in [2.45, 2.75) is 38.8 Å². The molecular formula is C17H22N2O2S. The standard InChI is InChI=1S/C17H22N2O2S/c1-11(2)14-10-22-16(19-14)8-18-13-7-12-5-4-6-15(20-3)17(12)21-9-13/h4-6,10-11,13,18H,7-9H2,1-3H3. The summed E-state index contributed by atoms with van der Waals surface area (Å²) < 4.78 is 11.2. The predicted octanol–water partition coefficient (Wildman–Crippen LogP) is 3.37. The lowest BCUT2D eigenvalue weighted by Gasteiger charge is -2.27. The SMILES string of the molecule is COc1cccc2c1OCC(NCc1nc(C(C)C)cs1)C2. The molecule has 0 saturated heterocycles. The number of thiazole rings is 1. The number of fused-ring (bicyclic) bond motifs is 1. The molecule has 0 spiro atoms. The van der Waals surface area contributed by atoms with Gasteiger partial charge in [0.2, 0.25) is 0 Å². The maximum absolute atomic E-state index is 5.89. The molecule has 1 aliphatic rings. The molecule has 0 aliphatic carbocycles. The van der Waals surface area contributed by atoms with Gasteiger partial charge in [0.25, 0.3) is 0 Å². The second kappa shape index (κ2) is 6.67. The number of aromatic nitrogens is 1. The van der Waals surface area contributed by atoms with E-state index < -0.39 is 0 Å². The van der Waals surface area contributed by atoms with Crippen molar-refractivity contribution in [1.29, 1.82) is 0 Å². The molecule has 0 bridgehead atoms. The minimum absolute atomic E-state index is 0.311. The van der Waals surface area contributed by atoms with E-state index >= 15 is 0 Å². The Balaban J connectivity index is 1.60. The summed E-state index contributed by atoms with van der Waals surface area (Å²) in [6.07, 6.45) is 0.953. The smallest absolute Gasteiger partial charge is 0.164 e. The third-order valence-corrected chi connectivity index (χ3v) is 4.75. The number of nitrogens with zero attached hydrogens (tertiary/aromatic N) is 1. The molecule has 0 saturated carbocycles. The first kappa shape index (κ1) is 15.3. The number of benzene rings is 1. The molecule has 0 fully saturated rings. The molecule has 1 aromatic carbocycles. The van der Waals surface area contributed by atoms with Crippen LogP contribution in [0.1, 0.15) is 36.0 Å². The third kappa shape index (κ3) is 3.25. The fourth-order valence-electron chi connectivity index (χ4n) is 2.59. The zero-order valence-electron chi connectivity index (χ0n) is 13.3. The summed E-state index contributed by atoms with van der Waals surface area (Å²) in [6.45, 7) is 5.80. The summed E-state index contributed by atoms with van der Waals surface area (Å²) >= 11 is 1.72. The van der Waals surface area contributed by atoms with E-state index in [2.05, 4.69) is 35.6 Å². The Morgan fingerprint density at radius 1 is 1.45 bits per heavy atom. The lowest BCUT2D eigenvalue weighted by molar-refractivity contribution is 0.226. The quantitative estimate of drug-likeness (QED) is 0.918. The Hall–Kier alpha value is -1.59. The molecule has 2 heterocycles. The van der Waals surface area contributed by atoms with Crippen LogP contribution in [0.25, 0.3) is 0 Å². The molecule has 1 aromatic heterocycles. The monoisotopic (exact) mass is 318 g/mol. The first-order chi connectivity index (χ1) is 10.7. The molecule has 1 N–H and O–H groups in total. The van der Waals surface area contributed by atoms with E-state index in [9.17, 15) is 0 Å². The summed E-state index contributed by atoms with van der Waals surface area (Å²) in [7, 11) is 1.68. The Morgan fingerprint density at radius 3 is 3.05 bits per heavy atom. The highest BCUT2D eigenvalue weighted by atomic mass is 32.1. The molecule has 1 atom stereocenters. The number of hydrogen-bond acceptors (Lipinski definition) is 5. The number of rotatable bonds is 5. The summed E-state index contributed by atoms with van der Waals surface area (Å²) in [4.78, 5) is 4.66. The van der Waals surface area contributed by atoms with Crippen LogP contribution in [-0.2, 0) is 13.0 Å². The summed E-state index contributed by atoms with van der Waals surface area (Å²) in [6, 6.07) is 6.37. The number of ether oxygens (including phenoxy) is 2. The first-order valence-corrected chi connectivity index (χ1v) is 8.51. The summed E-state index contributed by atoms with van der Waals surface area (Å²) in [5, 5.41) is 6.84. The molecule has 1 unspecified atom stereocenters. The number of methoxy groups -OCH3 is 1. The Morgan fingerprint density at radius 2 is 2.32 bits per heavy atom. The second-order valence-electron chi connectivity index (χ2n) is 5.86. The van der Waals surface area contributed by atoms with Gasteiger partial charge in [-0.15, -0.1) is 11.3 Å². The normalized spacial score (nSPS) is 17.2. The van der Waals surface area contributed by atoms with Gasteiger partial charge >= 0.3 is 0 Å². The molecule has 4 nitrogen and oxygen atoms in total. The van der Waals surface area contributed by atoms with E-state index in [1.54, 1.807) is 18.4 Å². The second-order valence-corrected chi connectivity index (χ2v) is 6.80. The average molecular weight is 318 g/mol. The Bertz CT molecular complexity index is 639. The number of para-hydroxylation sites is 1. The highest BCUT2D eigenvalue weighted by Crippen LogP contribution is 2.34. The lowest BCUT2D eigenvalue weighted by Crippen LogP contribution is -2.38. The molecule has 5 heteroatoms. The minimum atomic E-state index is 0.311. The van der Waals surface area contributed by atoms with Crippen molar-refractivity contribution in [3.8, 4) is 11.5 Å². The van der Waals surface area contributed by atoms with Crippen LogP contribution in [0.2, 0.25) is 0 Å². The van der Waals surface area contributed by atoms with E-state index in [0.717, 1.165) is 29.5 Å². The molecule has 22 heavy (non-hydrogen) atoms. The van der Waals surface area contributed by atoms with E-state index in [0.29, 0.717) is 18.6 Å². The van der Waals surface area contributed by atoms with E-state index in [-0.39, 0.29) is 0 Å². The average Bonchev–Trinajstić information content (AvgIpc) is 3.01. The Kier molecular flexibility index (Phi) is 4.64. The van der Waals surface area contributed by atoms with Gasteiger partial charge < -0.3 is 14.8 Å². The van der Waals surface area contributed by atoms with Gasteiger partial charge in [-0.2, -0.15) is 0 Å². The van der Waals surface area contributed by atoms with Gasteiger partial charge in [0.15, 0.2) is 11.5 Å². The van der Waals surface area contributed by atoms with Crippen LogP contribution in [0.5, 0.6) is 11.5 Å². The van der Waals surface area contributed by atoms with E-state index in [4.69, 9.17) is 9.47 Å². The first-order valence-electron chi connectivity index (χ1n) is 7.63. The van der Waals surface area contributed by atoms with Crippen LogP contribution in [0.3, 0.4) is 0 Å². The highest BCUT2D eigenvalue weighted by Gasteiger charge is 2.22. The van der Waals surface area contributed by atoms with Crippen molar-refractivity contribution >= 4 is 11.3 Å². The largest absolute Gasteiger partial charge is 0.493 e. The van der Waals surface area contributed by atoms with Crippen LogP contribution in [-0.4, -0.2) is 24.7 Å². The number of hydrogen-bond donors (Lipinski definition) is 1. The molecule has 0 amide bonds. The minimum Gasteiger partial charge on any atom is -0.493 e. The summed E-state index contributed by atoms with van der Waals surface area (Å²) in [5.74, 6) is 2.19. The van der Waals surface area contributed by atoms with Crippen LogP contribution in [0.15, 0.2) is 23.6 Å². The maximum atomic E-state index is 5.89. The highest BCUT2D eigenvalue weighted by molar-refractivity contribution is 7.09. The van der Waals surface area contributed by atoms with Crippen LogP contribution in [0.4, 0.5) is 0 Å². The van der Waals surface area contributed by atoms with Gasteiger partial charge in [0.1, 0.15) is 11.6 Å². The predicted molar refractivity (Wildman–Crippen MR) is 89.0 cm³/mol. The van der Waals surface area contributed by atoms with Gasteiger partial charge in [0, 0.05) is 18.0 Å². The zero-order chi connectivity index (χ0) is 15.5. The van der Waals surface area contributed by atoms with Crippen LogP contribution >= 0.6 is 11.3 Å². The fourth-order valence-corrected chi connectivity index (χ4v) is 3.50. The fraction of sp³-hybridized carbons (Fsp3) is 0.471. The van der Waals surface area contributed by atoms with Crippen molar-refractivity contribution in [1.82, 2.24) is 10.3 Å². The van der Waals surface area contributed by atoms with Gasteiger partial charge in [-0.3, -0.25) is 0 Å². The van der Waals surface area contributed by atoms with Crippen molar-refractivity contribution in [2.75, 3.05) is 13.7 Å². The third-order valence-electron chi connectivity index (χ3n) is 3.88. The number of nitrogens with one attached hydrogen (secondary N) is 1. The topological polar surface area (TPSA) is 43.4 Å². The van der Waals surface area contributed by atoms with Gasteiger partial charge in [-0.25, -0.2) is 4.98 Å². The Labute approximate surface area is 135 Å². The zero-order valence-corrected chi connectivity index (χ0v) is 14.1. The molecule has 2 aromatic rings. The molecule has 118 valence electrons. The molecule has 0 radical (unpaired) electrons. The van der Waals surface area contributed by atoms with Crippen molar-refractivity contribution in [2.24, 2.45) is 0 Å².